The minimum absolute atomic E-state index is 0. The third-order valence-electron chi connectivity index (χ3n) is 3.09. The maximum absolute atomic E-state index is 11.7. The highest BCUT2D eigenvalue weighted by Crippen LogP contribution is 2.33. The highest BCUT2D eigenvalue weighted by molar-refractivity contribution is 5.85. The quantitative estimate of drug-likeness (QED) is 0.610. The highest BCUT2D eigenvalue weighted by Gasteiger charge is 2.41. The average Bonchev–Trinajstić information content (AvgIpc) is 2.45. The minimum Gasteiger partial charge on any atom is -0.356 e. The van der Waals surface area contributed by atoms with Gasteiger partial charge in [0.15, 0.2) is 0 Å². The largest absolute Gasteiger partial charge is 0.356 e. The summed E-state index contributed by atoms with van der Waals surface area (Å²) in [5, 5.41) is 6.28. The first kappa shape index (κ1) is 10.8. The molecule has 2 N–H and O–H groups in total. The van der Waals surface area contributed by atoms with Crippen LogP contribution in [0.15, 0.2) is 0 Å². The lowest BCUT2D eigenvalue weighted by Gasteiger charge is -2.23. The van der Waals surface area contributed by atoms with Crippen LogP contribution in [-0.2, 0) is 4.79 Å². The lowest BCUT2D eigenvalue weighted by Crippen LogP contribution is -2.40. The van der Waals surface area contributed by atoms with Crippen molar-refractivity contribution in [3.63, 3.8) is 0 Å². The fourth-order valence-electron chi connectivity index (χ4n) is 2.24. The molecule has 2 aliphatic rings. The van der Waals surface area contributed by atoms with Crippen LogP contribution in [0.3, 0.4) is 0 Å². The van der Waals surface area contributed by atoms with Gasteiger partial charge >= 0.3 is 0 Å². The van der Waals surface area contributed by atoms with Gasteiger partial charge in [-0.3, -0.25) is 4.79 Å². The number of hydrogen-bond donors (Lipinski definition) is 2. The van der Waals surface area contributed by atoms with E-state index in [1.165, 1.54) is 6.42 Å². The van der Waals surface area contributed by atoms with E-state index in [4.69, 9.17) is 0 Å². The number of hydrogen-bond acceptors (Lipinski definition) is 2. The highest BCUT2D eigenvalue weighted by atomic mass is 35.5. The molecule has 0 saturated carbocycles. The van der Waals surface area contributed by atoms with Gasteiger partial charge in [-0.05, 0) is 25.8 Å². The van der Waals surface area contributed by atoms with E-state index in [2.05, 4.69) is 10.6 Å². The molecule has 0 aromatic carbocycles. The van der Waals surface area contributed by atoms with Gasteiger partial charge in [0.05, 0.1) is 5.41 Å². The summed E-state index contributed by atoms with van der Waals surface area (Å²) in [5.74, 6) is 0.282. The van der Waals surface area contributed by atoms with Crippen LogP contribution in [0.5, 0.6) is 0 Å². The molecule has 1 spiro atoms. The van der Waals surface area contributed by atoms with Crippen LogP contribution in [0.4, 0.5) is 0 Å². The Balaban J connectivity index is 0.000000845. The van der Waals surface area contributed by atoms with Gasteiger partial charge in [-0.15, -0.1) is 12.4 Å². The fourth-order valence-corrected chi connectivity index (χ4v) is 2.24. The predicted octanol–water partition coefficient (Wildman–Crippen LogP) is 0.688. The van der Waals surface area contributed by atoms with Gasteiger partial charge in [-0.2, -0.15) is 0 Å². The maximum Gasteiger partial charge on any atom is 0.227 e. The summed E-state index contributed by atoms with van der Waals surface area (Å²) >= 11 is 0. The Bertz CT molecular complexity index is 190. The van der Waals surface area contributed by atoms with E-state index in [1.807, 2.05) is 0 Å². The molecule has 1 unspecified atom stereocenters. The Morgan fingerprint density at radius 2 is 2.00 bits per heavy atom. The zero-order chi connectivity index (χ0) is 8.44. The molecule has 0 aromatic rings. The first-order valence-corrected chi connectivity index (χ1v) is 4.83. The summed E-state index contributed by atoms with van der Waals surface area (Å²) < 4.78 is 0. The van der Waals surface area contributed by atoms with Crippen molar-refractivity contribution in [2.45, 2.75) is 25.7 Å². The van der Waals surface area contributed by atoms with Crippen molar-refractivity contribution < 1.29 is 4.79 Å². The predicted molar refractivity (Wildman–Crippen MR) is 54.0 cm³/mol. The van der Waals surface area contributed by atoms with E-state index in [-0.39, 0.29) is 23.7 Å². The number of carbonyl (C=O) groups excluding carboxylic acids is 1. The van der Waals surface area contributed by atoms with Crippen LogP contribution in [0, 0.1) is 5.41 Å². The molecule has 3 nitrogen and oxygen atoms in total. The fraction of sp³-hybridized carbons (Fsp3) is 0.889. The van der Waals surface area contributed by atoms with E-state index in [1.54, 1.807) is 0 Å². The molecule has 2 fully saturated rings. The zero-order valence-electron chi connectivity index (χ0n) is 7.77. The van der Waals surface area contributed by atoms with E-state index < -0.39 is 0 Å². The maximum atomic E-state index is 11.7. The zero-order valence-corrected chi connectivity index (χ0v) is 8.58. The Labute approximate surface area is 85.1 Å². The molecule has 0 bridgehead atoms. The average molecular weight is 205 g/mol. The molecule has 1 atom stereocenters. The number of amides is 1. The summed E-state index contributed by atoms with van der Waals surface area (Å²) in [6.45, 7) is 2.77. The normalized spacial score (nSPS) is 33.7. The van der Waals surface area contributed by atoms with Crippen molar-refractivity contribution in [1.82, 2.24) is 10.6 Å². The standard InChI is InChI=1S/C9H16N2O.ClH/c12-8-9(4-6-10-7-9)3-1-2-5-11-8;/h10H,1-7H2,(H,11,12);1H. The smallest absolute Gasteiger partial charge is 0.227 e. The molecule has 2 saturated heterocycles. The molecule has 0 aromatic heterocycles. The van der Waals surface area contributed by atoms with Crippen LogP contribution < -0.4 is 10.6 Å². The monoisotopic (exact) mass is 204 g/mol. The summed E-state index contributed by atoms with van der Waals surface area (Å²) in [5.41, 5.74) is -0.0451. The van der Waals surface area contributed by atoms with E-state index in [9.17, 15) is 4.79 Å². The number of carbonyl (C=O) groups is 1. The summed E-state index contributed by atoms with van der Waals surface area (Å²) in [6.07, 6.45) is 4.44. The van der Waals surface area contributed by atoms with Crippen LogP contribution >= 0.6 is 12.4 Å². The number of halogens is 1. The molecular weight excluding hydrogens is 188 g/mol. The van der Waals surface area contributed by atoms with Crippen LogP contribution in [-0.4, -0.2) is 25.5 Å². The molecule has 1 amide bonds. The van der Waals surface area contributed by atoms with Crippen LogP contribution in [0.2, 0.25) is 0 Å². The van der Waals surface area contributed by atoms with Gasteiger partial charge in [0.1, 0.15) is 0 Å². The van der Waals surface area contributed by atoms with Crippen molar-refractivity contribution in [3.05, 3.63) is 0 Å². The Morgan fingerprint density at radius 1 is 1.15 bits per heavy atom. The molecular formula is C9H17ClN2O. The Kier molecular flexibility index (Phi) is 3.56. The SMILES string of the molecule is Cl.O=C1NCCCCC12CCNC2. The van der Waals surface area contributed by atoms with Gasteiger partial charge in [0, 0.05) is 13.1 Å². The van der Waals surface area contributed by atoms with Crippen molar-refractivity contribution in [3.8, 4) is 0 Å². The van der Waals surface area contributed by atoms with E-state index in [0.29, 0.717) is 0 Å². The Morgan fingerprint density at radius 3 is 2.69 bits per heavy atom. The van der Waals surface area contributed by atoms with Gasteiger partial charge in [-0.1, -0.05) is 6.42 Å². The van der Waals surface area contributed by atoms with Crippen LogP contribution in [0.25, 0.3) is 0 Å². The van der Waals surface area contributed by atoms with Gasteiger partial charge < -0.3 is 10.6 Å². The summed E-state index contributed by atoms with van der Waals surface area (Å²) in [6, 6.07) is 0. The first-order chi connectivity index (χ1) is 5.83. The lowest BCUT2D eigenvalue weighted by atomic mass is 9.82. The minimum atomic E-state index is -0.0451. The second kappa shape index (κ2) is 4.29. The third-order valence-corrected chi connectivity index (χ3v) is 3.09. The second-order valence-corrected chi connectivity index (χ2v) is 3.92. The molecule has 2 heterocycles. The molecule has 76 valence electrons. The molecule has 0 aliphatic carbocycles. The third kappa shape index (κ3) is 1.97. The van der Waals surface area contributed by atoms with E-state index >= 15 is 0 Å². The molecule has 13 heavy (non-hydrogen) atoms. The summed E-state index contributed by atoms with van der Waals surface area (Å²) in [7, 11) is 0. The molecule has 2 aliphatic heterocycles. The van der Waals surface area contributed by atoms with Crippen LogP contribution in [0.1, 0.15) is 25.7 Å². The second-order valence-electron chi connectivity index (χ2n) is 3.92. The summed E-state index contributed by atoms with van der Waals surface area (Å²) in [4.78, 5) is 11.7. The van der Waals surface area contributed by atoms with Crippen molar-refractivity contribution in [2.24, 2.45) is 5.41 Å². The van der Waals surface area contributed by atoms with Gasteiger partial charge in [0.2, 0.25) is 5.91 Å². The molecule has 4 heteroatoms. The lowest BCUT2D eigenvalue weighted by molar-refractivity contribution is -0.129. The van der Waals surface area contributed by atoms with Crippen molar-refractivity contribution in [1.29, 1.82) is 0 Å². The van der Waals surface area contributed by atoms with E-state index in [0.717, 1.165) is 38.9 Å². The topological polar surface area (TPSA) is 41.1 Å². The van der Waals surface area contributed by atoms with Crippen molar-refractivity contribution >= 4 is 18.3 Å². The number of rotatable bonds is 0. The first-order valence-electron chi connectivity index (χ1n) is 4.83. The van der Waals surface area contributed by atoms with Gasteiger partial charge in [0.25, 0.3) is 0 Å². The Hall–Kier alpha value is -0.280. The number of nitrogens with one attached hydrogen (secondary N) is 2. The van der Waals surface area contributed by atoms with Gasteiger partial charge in [-0.25, -0.2) is 0 Å². The van der Waals surface area contributed by atoms with Crippen molar-refractivity contribution in [2.75, 3.05) is 19.6 Å². The molecule has 0 radical (unpaired) electrons. The molecule has 2 rings (SSSR count).